The molecule has 0 amide bonds. The van der Waals surface area contributed by atoms with Crippen molar-refractivity contribution in [1.29, 1.82) is 0 Å². The zero-order valence-electron chi connectivity index (χ0n) is 10.3. The van der Waals surface area contributed by atoms with E-state index in [1.54, 1.807) is 0 Å². The van der Waals surface area contributed by atoms with Crippen LogP contribution in [0.25, 0.3) is 0 Å². The molecule has 0 bridgehead atoms. The van der Waals surface area contributed by atoms with Gasteiger partial charge in [-0.25, -0.2) is 0 Å². The summed E-state index contributed by atoms with van der Waals surface area (Å²) in [6, 6.07) is 4.10. The quantitative estimate of drug-likeness (QED) is 0.292. The predicted molar refractivity (Wildman–Crippen MR) is 91.7 cm³/mol. The van der Waals surface area contributed by atoms with Crippen LogP contribution in [0.3, 0.4) is 0 Å². The second-order valence-electron chi connectivity index (χ2n) is 3.83. The Morgan fingerprint density at radius 3 is 2.11 bits per heavy atom. The fourth-order valence-electron chi connectivity index (χ4n) is 1.38. The molecule has 0 fully saturated rings. The Kier molecular flexibility index (Phi) is 8.67. The van der Waals surface area contributed by atoms with Crippen LogP contribution in [0.5, 0.6) is 11.5 Å². The first kappa shape index (κ1) is 16.6. The minimum Gasteiger partial charge on any atom is -0.493 e. The smallest absolute Gasteiger partial charge is 0.133 e. The van der Waals surface area contributed by atoms with Gasteiger partial charge >= 0.3 is 0 Å². The molecule has 0 N–H and O–H groups in total. The van der Waals surface area contributed by atoms with Crippen LogP contribution >= 0.6 is 54.5 Å². The number of benzene rings is 1. The molecule has 1 rings (SSSR count). The fourth-order valence-corrected chi connectivity index (χ4v) is 2.43. The van der Waals surface area contributed by atoms with Gasteiger partial charge in [0.15, 0.2) is 0 Å². The minimum absolute atomic E-state index is 0.741. The average molecular weight is 492 g/mol. The lowest BCUT2D eigenvalue weighted by Crippen LogP contribution is -2.03. The topological polar surface area (TPSA) is 18.5 Å². The summed E-state index contributed by atoms with van der Waals surface area (Å²) in [6.45, 7) is 3.54. The van der Waals surface area contributed by atoms with E-state index in [0.29, 0.717) is 0 Å². The molecule has 0 aliphatic carbocycles. The molecule has 2 nitrogen and oxygen atoms in total. The zero-order chi connectivity index (χ0) is 13.4. The van der Waals surface area contributed by atoms with E-state index in [4.69, 9.17) is 9.47 Å². The van der Waals surface area contributed by atoms with E-state index in [1.165, 1.54) is 0 Å². The van der Waals surface area contributed by atoms with Crippen molar-refractivity contribution in [1.82, 2.24) is 0 Å². The molecule has 0 atom stereocenters. The fraction of sp³-hybridized carbons (Fsp3) is 0.538. The van der Waals surface area contributed by atoms with Gasteiger partial charge in [0.1, 0.15) is 11.5 Å². The highest BCUT2D eigenvalue weighted by Crippen LogP contribution is 2.30. The Labute approximate surface area is 139 Å². The molecular weight excluding hydrogens is 475 g/mol. The lowest BCUT2D eigenvalue weighted by molar-refractivity contribution is 0.306. The van der Waals surface area contributed by atoms with Crippen molar-refractivity contribution in [3.05, 3.63) is 21.3 Å². The van der Waals surface area contributed by atoms with Gasteiger partial charge in [-0.05, 0) is 60.1 Å². The van der Waals surface area contributed by atoms with Crippen LogP contribution in [0.1, 0.15) is 18.4 Å². The third kappa shape index (κ3) is 5.65. The highest BCUT2D eigenvalue weighted by Gasteiger charge is 2.07. The van der Waals surface area contributed by atoms with Crippen LogP contribution in [-0.2, 0) is 0 Å². The maximum absolute atomic E-state index is 5.74. The number of hydrogen-bond acceptors (Lipinski definition) is 2. The lowest BCUT2D eigenvalue weighted by atomic mass is 10.2. The van der Waals surface area contributed by atoms with E-state index in [1.807, 2.05) is 6.07 Å². The molecule has 1 aromatic rings. The Balaban J connectivity index is 2.64. The molecule has 0 unspecified atom stereocenters. The summed E-state index contributed by atoms with van der Waals surface area (Å²) in [5.74, 6) is 1.90. The van der Waals surface area contributed by atoms with Gasteiger partial charge in [0.05, 0.1) is 16.8 Å². The molecule has 0 aliphatic heterocycles. The summed E-state index contributed by atoms with van der Waals surface area (Å²) >= 11 is 9.08. The van der Waals surface area contributed by atoms with Crippen molar-refractivity contribution >= 4 is 54.5 Å². The summed E-state index contributed by atoms with van der Waals surface area (Å²) in [5.41, 5.74) is 1.12. The number of ether oxygens (including phenoxy) is 2. The standard InChI is InChI=1S/C13H17Br2IO2/c1-10-8-13(18-7-3-5-15)11(16)9-12(10)17-6-2-4-14/h8-9H,2-7H2,1H3. The highest BCUT2D eigenvalue weighted by molar-refractivity contribution is 14.1. The van der Waals surface area contributed by atoms with Crippen LogP contribution in [0, 0.1) is 10.5 Å². The second kappa shape index (κ2) is 9.42. The molecule has 0 saturated carbocycles. The monoisotopic (exact) mass is 490 g/mol. The van der Waals surface area contributed by atoms with Crippen molar-refractivity contribution in [3.63, 3.8) is 0 Å². The Hall–Kier alpha value is 0.510. The first-order chi connectivity index (χ1) is 8.69. The molecule has 102 valence electrons. The SMILES string of the molecule is Cc1cc(OCCCBr)c(I)cc1OCCCBr. The van der Waals surface area contributed by atoms with E-state index in [2.05, 4.69) is 67.4 Å². The number of hydrogen-bond donors (Lipinski definition) is 0. The van der Waals surface area contributed by atoms with E-state index in [0.717, 1.165) is 57.3 Å². The predicted octanol–water partition coefficient (Wildman–Crippen LogP) is 4.93. The summed E-state index contributed by atoms with van der Waals surface area (Å²) < 4.78 is 12.6. The molecule has 0 radical (unpaired) electrons. The van der Waals surface area contributed by atoms with Gasteiger partial charge < -0.3 is 9.47 Å². The molecule has 5 heteroatoms. The largest absolute Gasteiger partial charge is 0.493 e. The summed E-state index contributed by atoms with van der Waals surface area (Å²) in [7, 11) is 0. The van der Waals surface area contributed by atoms with Gasteiger partial charge in [-0.15, -0.1) is 0 Å². The van der Waals surface area contributed by atoms with Crippen molar-refractivity contribution in [2.24, 2.45) is 0 Å². The maximum atomic E-state index is 5.74. The van der Waals surface area contributed by atoms with E-state index >= 15 is 0 Å². The highest BCUT2D eigenvalue weighted by atomic mass is 127. The maximum Gasteiger partial charge on any atom is 0.133 e. The first-order valence-electron chi connectivity index (χ1n) is 5.86. The lowest BCUT2D eigenvalue weighted by Gasteiger charge is -2.13. The van der Waals surface area contributed by atoms with Crippen LogP contribution < -0.4 is 9.47 Å². The van der Waals surface area contributed by atoms with Gasteiger partial charge in [-0.2, -0.15) is 0 Å². The van der Waals surface area contributed by atoms with Crippen molar-refractivity contribution < 1.29 is 9.47 Å². The van der Waals surface area contributed by atoms with Gasteiger partial charge in [-0.3, -0.25) is 0 Å². The van der Waals surface area contributed by atoms with Crippen LogP contribution in [0.4, 0.5) is 0 Å². The van der Waals surface area contributed by atoms with Gasteiger partial charge in [0.2, 0.25) is 0 Å². The molecule has 0 saturated heterocycles. The molecule has 0 aromatic heterocycles. The normalized spacial score (nSPS) is 10.4. The summed E-state index contributed by atoms with van der Waals surface area (Å²) in [6.07, 6.45) is 2.03. The minimum atomic E-state index is 0.741. The van der Waals surface area contributed by atoms with Crippen LogP contribution in [0.2, 0.25) is 0 Å². The third-order valence-electron chi connectivity index (χ3n) is 2.30. The molecular formula is C13H17Br2IO2. The third-order valence-corrected chi connectivity index (χ3v) is 4.27. The molecule has 0 aliphatic rings. The van der Waals surface area contributed by atoms with Gasteiger partial charge in [0, 0.05) is 10.7 Å². The van der Waals surface area contributed by atoms with Gasteiger partial charge in [-0.1, -0.05) is 31.9 Å². The Bertz CT molecular complexity index is 337. The van der Waals surface area contributed by atoms with Crippen LogP contribution in [-0.4, -0.2) is 23.9 Å². The summed E-state index contributed by atoms with van der Waals surface area (Å²) in [4.78, 5) is 0. The number of aryl methyl sites for hydroxylation is 1. The van der Waals surface area contributed by atoms with Gasteiger partial charge in [0.25, 0.3) is 0 Å². The number of rotatable bonds is 8. The van der Waals surface area contributed by atoms with Crippen LogP contribution in [0.15, 0.2) is 12.1 Å². The first-order valence-corrected chi connectivity index (χ1v) is 9.19. The number of halogens is 3. The summed E-state index contributed by atoms with van der Waals surface area (Å²) in [5, 5.41) is 1.94. The molecule has 18 heavy (non-hydrogen) atoms. The Morgan fingerprint density at radius 1 is 1.00 bits per heavy atom. The van der Waals surface area contributed by atoms with E-state index in [-0.39, 0.29) is 0 Å². The van der Waals surface area contributed by atoms with Crippen molar-refractivity contribution in [3.8, 4) is 11.5 Å². The Morgan fingerprint density at radius 2 is 1.56 bits per heavy atom. The molecule has 1 aromatic carbocycles. The molecule has 0 spiro atoms. The molecule has 0 heterocycles. The van der Waals surface area contributed by atoms with E-state index < -0.39 is 0 Å². The zero-order valence-corrected chi connectivity index (χ0v) is 15.7. The average Bonchev–Trinajstić information content (AvgIpc) is 2.35. The van der Waals surface area contributed by atoms with Crippen molar-refractivity contribution in [2.75, 3.05) is 23.9 Å². The second-order valence-corrected chi connectivity index (χ2v) is 6.58. The van der Waals surface area contributed by atoms with Crippen molar-refractivity contribution in [2.45, 2.75) is 19.8 Å². The number of alkyl halides is 2. The van der Waals surface area contributed by atoms with E-state index in [9.17, 15) is 0 Å².